The molecule has 1 aliphatic heterocycles. The van der Waals surface area contributed by atoms with Crippen LogP contribution in [0.5, 0.6) is 0 Å². The summed E-state index contributed by atoms with van der Waals surface area (Å²) in [4.78, 5) is -0.0707. The highest BCUT2D eigenvalue weighted by molar-refractivity contribution is 7.99. The van der Waals surface area contributed by atoms with Gasteiger partial charge in [0.2, 0.25) is 0 Å². The van der Waals surface area contributed by atoms with Crippen molar-refractivity contribution < 1.29 is 35.0 Å². The van der Waals surface area contributed by atoms with Crippen LogP contribution in [0.1, 0.15) is 16.7 Å². The van der Waals surface area contributed by atoms with Crippen LogP contribution in [0.2, 0.25) is 0 Å². The van der Waals surface area contributed by atoms with Crippen LogP contribution in [-0.4, -0.2) is 52.3 Å². The van der Waals surface area contributed by atoms with Crippen molar-refractivity contribution in [3.8, 4) is 0 Å². The monoisotopic (exact) mass is 564 g/mol. The van der Waals surface area contributed by atoms with E-state index in [2.05, 4.69) is 0 Å². The lowest BCUT2D eigenvalue weighted by molar-refractivity contribution is -0.125. The number of rotatable bonds is 10. The van der Waals surface area contributed by atoms with E-state index in [9.17, 15) is 21.9 Å². The Bertz CT molecular complexity index is 1390. The summed E-state index contributed by atoms with van der Waals surface area (Å²) in [5.74, 6) is 0.452. The number of aryl methyl sites for hydroxylation is 2. The van der Waals surface area contributed by atoms with Gasteiger partial charge in [0.05, 0.1) is 21.6 Å². The Morgan fingerprint density at radius 1 is 0.811 bits per heavy atom. The lowest BCUT2D eigenvalue weighted by Crippen LogP contribution is -2.36. The molecule has 3 aromatic carbocycles. The molecule has 0 amide bonds. The second kappa shape index (κ2) is 11.6. The van der Waals surface area contributed by atoms with Gasteiger partial charge >= 0.3 is 0 Å². The standard InChI is InChI=1S/C26H28O8S3/c1-18-8-12-21(13-9-18)36(28,29)32-16-23-25(35-17-20-6-4-3-5-7-20)24(26(27)33-23)34-37(30,31)22-14-10-19(2)11-15-22/h3-15,23-27H,16-17H2,1-2H3. The van der Waals surface area contributed by atoms with Crippen LogP contribution in [0.25, 0.3) is 0 Å². The van der Waals surface area contributed by atoms with E-state index in [1.165, 1.54) is 36.0 Å². The van der Waals surface area contributed by atoms with Crippen LogP contribution in [0.3, 0.4) is 0 Å². The van der Waals surface area contributed by atoms with Gasteiger partial charge in [-0.1, -0.05) is 65.7 Å². The molecule has 0 saturated carbocycles. The quantitative estimate of drug-likeness (QED) is 0.367. The fourth-order valence-corrected chi connectivity index (χ4v) is 7.14. The third kappa shape index (κ3) is 6.99. The maximum atomic E-state index is 13.0. The second-order valence-electron chi connectivity index (χ2n) is 8.71. The molecule has 0 aromatic heterocycles. The largest absolute Gasteiger partial charge is 0.366 e. The van der Waals surface area contributed by atoms with E-state index in [1.807, 2.05) is 44.2 Å². The smallest absolute Gasteiger partial charge is 0.297 e. The van der Waals surface area contributed by atoms with Gasteiger partial charge in [-0.05, 0) is 43.7 Å². The molecule has 37 heavy (non-hydrogen) atoms. The first-order chi connectivity index (χ1) is 17.5. The van der Waals surface area contributed by atoms with Gasteiger partial charge in [0.1, 0.15) is 12.2 Å². The Kier molecular flexibility index (Phi) is 8.74. The Balaban J connectivity index is 1.54. The summed E-state index contributed by atoms with van der Waals surface area (Å²) < 4.78 is 67.7. The summed E-state index contributed by atoms with van der Waals surface area (Å²) in [6.07, 6.45) is -3.85. The minimum Gasteiger partial charge on any atom is -0.366 e. The van der Waals surface area contributed by atoms with Gasteiger partial charge in [-0.25, -0.2) is 0 Å². The van der Waals surface area contributed by atoms with Gasteiger partial charge in [-0.15, -0.1) is 11.8 Å². The Labute approximate surface area is 221 Å². The van der Waals surface area contributed by atoms with E-state index >= 15 is 0 Å². The molecule has 3 aromatic rings. The SMILES string of the molecule is Cc1ccc(S(=O)(=O)OCC2OC(O)C(OS(=O)(=O)c3ccc(C)cc3)C2SCc2ccccc2)cc1. The summed E-state index contributed by atoms with van der Waals surface area (Å²) in [5, 5.41) is 9.88. The fourth-order valence-electron chi connectivity index (χ4n) is 3.75. The highest BCUT2D eigenvalue weighted by Crippen LogP contribution is 2.36. The molecular weight excluding hydrogens is 536 g/mol. The maximum absolute atomic E-state index is 13.0. The molecular formula is C26H28O8S3. The predicted molar refractivity (Wildman–Crippen MR) is 140 cm³/mol. The number of ether oxygens (including phenoxy) is 1. The van der Waals surface area contributed by atoms with Gasteiger partial charge < -0.3 is 9.84 Å². The Hall–Kier alpha value is -2.25. The first-order valence-electron chi connectivity index (χ1n) is 11.5. The maximum Gasteiger partial charge on any atom is 0.297 e. The minimum atomic E-state index is -4.24. The summed E-state index contributed by atoms with van der Waals surface area (Å²) in [7, 11) is -8.34. The molecule has 1 fully saturated rings. The van der Waals surface area contributed by atoms with Gasteiger partial charge in [-0.2, -0.15) is 16.8 Å². The Morgan fingerprint density at radius 3 is 1.92 bits per heavy atom. The van der Waals surface area contributed by atoms with Gasteiger partial charge in [-0.3, -0.25) is 8.37 Å². The molecule has 8 nitrogen and oxygen atoms in total. The van der Waals surface area contributed by atoms with E-state index in [4.69, 9.17) is 13.1 Å². The van der Waals surface area contributed by atoms with E-state index in [0.29, 0.717) is 5.75 Å². The molecule has 198 valence electrons. The summed E-state index contributed by atoms with van der Waals surface area (Å²) in [6.45, 7) is 3.24. The first kappa shape index (κ1) is 27.8. The van der Waals surface area contributed by atoms with Crippen molar-refractivity contribution in [3.05, 3.63) is 95.6 Å². The lowest BCUT2D eigenvalue weighted by atomic mass is 10.2. The number of aliphatic hydroxyl groups excluding tert-OH is 1. The van der Waals surface area contributed by atoms with Crippen molar-refractivity contribution in [1.29, 1.82) is 0 Å². The van der Waals surface area contributed by atoms with Gasteiger partial charge in [0.15, 0.2) is 6.29 Å². The molecule has 11 heteroatoms. The first-order valence-corrected chi connectivity index (χ1v) is 15.4. The van der Waals surface area contributed by atoms with Crippen LogP contribution in [0, 0.1) is 13.8 Å². The minimum absolute atomic E-state index is 0.0140. The number of hydrogen-bond donors (Lipinski definition) is 1. The van der Waals surface area contributed by atoms with E-state index in [0.717, 1.165) is 16.7 Å². The topological polar surface area (TPSA) is 116 Å². The third-order valence-electron chi connectivity index (χ3n) is 5.82. The molecule has 4 atom stereocenters. The summed E-state index contributed by atoms with van der Waals surface area (Å²) in [5.41, 5.74) is 2.74. The van der Waals surface area contributed by atoms with Crippen molar-refractivity contribution in [2.45, 2.75) is 53.1 Å². The Morgan fingerprint density at radius 2 is 1.35 bits per heavy atom. The normalized spacial score (nSPS) is 22.2. The number of benzene rings is 3. The fraction of sp³-hybridized carbons (Fsp3) is 0.308. The van der Waals surface area contributed by atoms with Gasteiger partial charge in [0, 0.05) is 5.75 Å². The number of thioether (sulfide) groups is 1. The van der Waals surface area contributed by atoms with Crippen LogP contribution >= 0.6 is 11.8 Å². The molecule has 0 aliphatic carbocycles. The number of hydrogen-bond acceptors (Lipinski definition) is 9. The van der Waals surface area contributed by atoms with Gasteiger partial charge in [0.25, 0.3) is 20.2 Å². The van der Waals surface area contributed by atoms with Crippen molar-refractivity contribution in [3.63, 3.8) is 0 Å². The van der Waals surface area contributed by atoms with Crippen LogP contribution < -0.4 is 0 Å². The van der Waals surface area contributed by atoms with Crippen LogP contribution in [-0.2, 0) is 39.1 Å². The second-order valence-corrected chi connectivity index (χ2v) is 13.1. The molecule has 1 aliphatic rings. The molecule has 0 spiro atoms. The molecule has 4 unspecified atom stereocenters. The highest BCUT2D eigenvalue weighted by Gasteiger charge is 2.48. The molecule has 0 radical (unpaired) electrons. The summed E-state index contributed by atoms with van der Waals surface area (Å²) >= 11 is 1.29. The molecule has 1 heterocycles. The van der Waals surface area contributed by atoms with E-state index in [1.54, 1.807) is 24.3 Å². The van der Waals surface area contributed by atoms with Crippen molar-refractivity contribution in [1.82, 2.24) is 0 Å². The average Bonchev–Trinajstić information content (AvgIpc) is 3.16. The zero-order valence-corrected chi connectivity index (χ0v) is 22.7. The molecule has 4 rings (SSSR count). The average molecular weight is 565 g/mol. The molecule has 1 saturated heterocycles. The van der Waals surface area contributed by atoms with Crippen molar-refractivity contribution in [2.24, 2.45) is 0 Å². The zero-order chi connectivity index (χ0) is 26.6. The molecule has 1 N–H and O–H groups in total. The van der Waals surface area contributed by atoms with Crippen molar-refractivity contribution >= 4 is 32.0 Å². The van der Waals surface area contributed by atoms with E-state index in [-0.39, 0.29) is 9.79 Å². The molecule has 0 bridgehead atoms. The number of aliphatic hydroxyl groups is 1. The summed E-state index contributed by atoms with van der Waals surface area (Å²) in [6, 6.07) is 21.8. The predicted octanol–water partition coefficient (Wildman–Crippen LogP) is 3.80. The lowest BCUT2D eigenvalue weighted by Gasteiger charge is -2.22. The highest BCUT2D eigenvalue weighted by atomic mass is 32.2. The third-order valence-corrected chi connectivity index (χ3v) is 9.89. The van der Waals surface area contributed by atoms with Crippen LogP contribution in [0.15, 0.2) is 88.7 Å². The van der Waals surface area contributed by atoms with Crippen LogP contribution in [0.4, 0.5) is 0 Å². The van der Waals surface area contributed by atoms with Crippen molar-refractivity contribution in [2.75, 3.05) is 6.61 Å². The van der Waals surface area contributed by atoms with E-state index < -0.39 is 50.6 Å². The zero-order valence-electron chi connectivity index (χ0n) is 20.3.